The van der Waals surface area contributed by atoms with Gasteiger partial charge in [-0.3, -0.25) is 19.2 Å². The van der Waals surface area contributed by atoms with Gasteiger partial charge in [-0.05, 0) is 48.2 Å². The van der Waals surface area contributed by atoms with E-state index in [1.54, 1.807) is 18.0 Å². The molecule has 0 radical (unpaired) electrons. The summed E-state index contributed by atoms with van der Waals surface area (Å²) in [5, 5.41) is 4.69. The lowest BCUT2D eigenvalue weighted by Gasteiger charge is -2.43. The molecule has 3 N–H and O–H groups in total. The highest BCUT2D eigenvalue weighted by Gasteiger charge is 2.41. The van der Waals surface area contributed by atoms with E-state index < -0.39 is 17.6 Å². The highest BCUT2D eigenvalue weighted by molar-refractivity contribution is 5.96. The quantitative estimate of drug-likeness (QED) is 0.330. The molecule has 1 saturated heterocycles. The minimum absolute atomic E-state index is 0.0795. The van der Waals surface area contributed by atoms with Crippen LogP contribution in [-0.4, -0.2) is 89.7 Å². The van der Waals surface area contributed by atoms with Crippen LogP contribution >= 0.6 is 0 Å². The molecule has 0 spiro atoms. The number of fused-ring (bicyclic) bond motifs is 1. The van der Waals surface area contributed by atoms with Gasteiger partial charge in [-0.2, -0.15) is 0 Å². The van der Waals surface area contributed by atoms with Crippen molar-refractivity contribution in [1.82, 2.24) is 20.0 Å². The molecule has 0 saturated carbocycles. The molecule has 232 valence electrons. The number of carbonyl (C=O) groups excluding carboxylic acids is 4. The Bertz CT molecular complexity index is 1510. The van der Waals surface area contributed by atoms with Crippen molar-refractivity contribution >= 4 is 34.4 Å². The SMILES string of the molecule is CNC(=O)CN1CCN(C(=O)[C@@H](Cc2ccc3ccccc3c2)N(C)C(=O)/C=C/CC(C)(C)N)[C@H](Cc2ccccc2)C1=O. The molecule has 2 atom stereocenters. The fraction of sp³-hybridized carbons (Fsp3) is 0.371. The zero-order valence-corrected chi connectivity index (χ0v) is 26.0. The first-order valence-corrected chi connectivity index (χ1v) is 15.0. The Labute approximate surface area is 259 Å². The zero-order valence-electron chi connectivity index (χ0n) is 26.0. The van der Waals surface area contributed by atoms with Crippen LogP contribution < -0.4 is 11.1 Å². The molecular formula is C35H43N5O4. The van der Waals surface area contributed by atoms with E-state index in [1.165, 1.54) is 22.9 Å². The summed E-state index contributed by atoms with van der Waals surface area (Å²) in [6, 6.07) is 21.8. The molecule has 3 aromatic carbocycles. The molecule has 0 aromatic heterocycles. The molecule has 0 bridgehead atoms. The third-order valence-electron chi connectivity index (χ3n) is 8.00. The lowest BCUT2D eigenvalue weighted by Crippen LogP contribution is -2.63. The third-order valence-corrected chi connectivity index (χ3v) is 8.00. The second-order valence-electron chi connectivity index (χ2n) is 12.1. The van der Waals surface area contributed by atoms with Crippen LogP contribution in [0.4, 0.5) is 0 Å². The Morgan fingerprint density at radius 2 is 1.68 bits per heavy atom. The van der Waals surface area contributed by atoms with Crippen molar-refractivity contribution in [2.75, 3.05) is 33.7 Å². The topological polar surface area (TPSA) is 116 Å². The Hall–Kier alpha value is -4.50. The maximum absolute atomic E-state index is 14.5. The predicted molar refractivity (Wildman–Crippen MR) is 173 cm³/mol. The van der Waals surface area contributed by atoms with E-state index in [9.17, 15) is 19.2 Å². The molecule has 0 unspecified atom stereocenters. The van der Waals surface area contributed by atoms with Gasteiger partial charge in [0.1, 0.15) is 12.1 Å². The molecule has 9 nitrogen and oxygen atoms in total. The Kier molecular flexibility index (Phi) is 10.5. The number of nitrogens with two attached hydrogens (primary N) is 1. The van der Waals surface area contributed by atoms with Gasteiger partial charge in [0.25, 0.3) is 0 Å². The maximum atomic E-state index is 14.5. The van der Waals surface area contributed by atoms with Crippen molar-refractivity contribution in [3.63, 3.8) is 0 Å². The number of hydrogen-bond acceptors (Lipinski definition) is 5. The van der Waals surface area contributed by atoms with Crippen LogP contribution in [0.2, 0.25) is 0 Å². The Morgan fingerprint density at radius 3 is 2.36 bits per heavy atom. The number of likely N-dealkylation sites (N-methyl/N-ethyl adjacent to an activating group) is 2. The van der Waals surface area contributed by atoms with Gasteiger partial charge >= 0.3 is 0 Å². The van der Waals surface area contributed by atoms with Crippen LogP contribution in [0.25, 0.3) is 10.8 Å². The lowest BCUT2D eigenvalue weighted by atomic mass is 9.96. The van der Waals surface area contributed by atoms with E-state index in [-0.39, 0.29) is 49.7 Å². The lowest BCUT2D eigenvalue weighted by molar-refractivity contribution is -0.156. The van der Waals surface area contributed by atoms with Crippen molar-refractivity contribution in [3.05, 3.63) is 96.1 Å². The molecule has 1 aliphatic heterocycles. The van der Waals surface area contributed by atoms with Gasteiger partial charge in [-0.15, -0.1) is 0 Å². The van der Waals surface area contributed by atoms with E-state index in [0.717, 1.165) is 21.9 Å². The summed E-state index contributed by atoms with van der Waals surface area (Å²) >= 11 is 0. The summed E-state index contributed by atoms with van der Waals surface area (Å²) in [7, 11) is 3.15. The number of rotatable bonds is 11. The highest BCUT2D eigenvalue weighted by atomic mass is 16.2. The van der Waals surface area contributed by atoms with E-state index in [4.69, 9.17) is 5.73 Å². The molecule has 4 rings (SSSR count). The summed E-state index contributed by atoms with van der Waals surface area (Å²) in [6.45, 7) is 4.14. The third kappa shape index (κ3) is 8.32. The molecule has 1 heterocycles. The maximum Gasteiger partial charge on any atom is 0.246 e. The fourth-order valence-electron chi connectivity index (χ4n) is 5.45. The molecule has 9 heteroatoms. The van der Waals surface area contributed by atoms with Crippen LogP contribution in [0.3, 0.4) is 0 Å². The summed E-state index contributed by atoms with van der Waals surface area (Å²) < 4.78 is 0. The van der Waals surface area contributed by atoms with E-state index >= 15 is 0 Å². The van der Waals surface area contributed by atoms with Gasteiger partial charge in [0, 0.05) is 45.6 Å². The van der Waals surface area contributed by atoms with Crippen LogP contribution in [0.1, 0.15) is 31.4 Å². The Morgan fingerprint density at radius 1 is 1.00 bits per heavy atom. The molecule has 4 amide bonds. The van der Waals surface area contributed by atoms with Crippen molar-refractivity contribution < 1.29 is 19.2 Å². The van der Waals surface area contributed by atoms with Crippen LogP contribution in [0.5, 0.6) is 0 Å². The van der Waals surface area contributed by atoms with Crippen LogP contribution in [-0.2, 0) is 32.0 Å². The predicted octanol–water partition coefficient (Wildman–Crippen LogP) is 2.92. The van der Waals surface area contributed by atoms with Gasteiger partial charge in [0.15, 0.2) is 0 Å². The normalized spacial score (nSPS) is 16.3. The van der Waals surface area contributed by atoms with Gasteiger partial charge in [-0.1, -0.05) is 78.9 Å². The average molecular weight is 598 g/mol. The highest BCUT2D eigenvalue weighted by Crippen LogP contribution is 2.23. The second kappa shape index (κ2) is 14.3. The van der Waals surface area contributed by atoms with Gasteiger partial charge in [-0.25, -0.2) is 0 Å². The summed E-state index contributed by atoms with van der Waals surface area (Å²) in [5.74, 6) is -1.20. The first kappa shape index (κ1) is 32.4. The summed E-state index contributed by atoms with van der Waals surface area (Å²) in [5.41, 5.74) is 7.42. The van der Waals surface area contributed by atoms with E-state index in [0.29, 0.717) is 12.8 Å². The van der Waals surface area contributed by atoms with E-state index in [2.05, 4.69) is 5.32 Å². The number of carbonyl (C=O) groups is 4. The van der Waals surface area contributed by atoms with Crippen molar-refractivity contribution in [2.45, 2.75) is 50.7 Å². The summed E-state index contributed by atoms with van der Waals surface area (Å²) in [6.07, 6.45) is 4.25. The first-order chi connectivity index (χ1) is 21.0. The number of benzene rings is 3. The molecular weight excluding hydrogens is 554 g/mol. The second-order valence-corrected chi connectivity index (χ2v) is 12.1. The minimum Gasteiger partial charge on any atom is -0.358 e. The summed E-state index contributed by atoms with van der Waals surface area (Å²) in [4.78, 5) is 58.5. The van der Waals surface area contributed by atoms with Crippen LogP contribution in [0, 0.1) is 0 Å². The number of hydrogen-bond donors (Lipinski definition) is 2. The first-order valence-electron chi connectivity index (χ1n) is 15.0. The number of piperazine rings is 1. The number of amides is 4. The molecule has 0 aliphatic carbocycles. The largest absolute Gasteiger partial charge is 0.358 e. The molecule has 1 fully saturated rings. The van der Waals surface area contributed by atoms with Crippen LogP contribution in [0.15, 0.2) is 84.9 Å². The number of nitrogens with one attached hydrogen (secondary N) is 1. The molecule has 1 aliphatic rings. The standard InChI is InChI=1S/C35H43N5O4/c1-35(2,36)18-10-15-32(42)38(4)29(23-26-16-17-27-13-8-9-14-28(27)21-26)34(44)40-20-19-39(24-31(41)37-3)33(43)30(40)22-25-11-6-5-7-12-25/h5-17,21,29-30H,18-20,22-24,36H2,1-4H3,(H,37,41)/b15-10+/t29-,30-/m1/s1. The van der Waals surface area contributed by atoms with Gasteiger partial charge < -0.3 is 25.8 Å². The minimum atomic E-state index is -0.865. The number of nitrogens with zero attached hydrogens (tertiary/aromatic N) is 3. The average Bonchev–Trinajstić information content (AvgIpc) is 3.00. The van der Waals surface area contributed by atoms with Crippen molar-refractivity contribution in [3.8, 4) is 0 Å². The fourth-order valence-corrected chi connectivity index (χ4v) is 5.45. The Balaban J connectivity index is 1.68. The van der Waals surface area contributed by atoms with Crippen molar-refractivity contribution in [1.29, 1.82) is 0 Å². The monoisotopic (exact) mass is 597 g/mol. The van der Waals surface area contributed by atoms with E-state index in [1.807, 2.05) is 86.6 Å². The smallest absolute Gasteiger partial charge is 0.246 e. The molecule has 44 heavy (non-hydrogen) atoms. The van der Waals surface area contributed by atoms with Crippen molar-refractivity contribution in [2.24, 2.45) is 5.73 Å². The molecule has 3 aromatic rings. The van der Waals surface area contributed by atoms with Gasteiger partial charge in [0.05, 0.1) is 6.54 Å². The van der Waals surface area contributed by atoms with Gasteiger partial charge in [0.2, 0.25) is 23.6 Å². The zero-order chi connectivity index (χ0) is 31.9.